The summed E-state index contributed by atoms with van der Waals surface area (Å²) in [5.74, 6) is 0.923. The Morgan fingerprint density at radius 3 is 2.62 bits per heavy atom. The van der Waals surface area contributed by atoms with Gasteiger partial charge in [-0.25, -0.2) is 4.98 Å². The van der Waals surface area contributed by atoms with Crippen LogP contribution in [-0.2, 0) is 0 Å². The number of amides is 1. The molecule has 0 fully saturated rings. The van der Waals surface area contributed by atoms with Crippen LogP contribution in [0.3, 0.4) is 0 Å². The van der Waals surface area contributed by atoms with E-state index in [-0.39, 0.29) is 5.91 Å². The number of aromatic amines is 1. The van der Waals surface area contributed by atoms with Gasteiger partial charge in [0, 0.05) is 22.3 Å². The summed E-state index contributed by atoms with van der Waals surface area (Å²) >= 11 is 1.30. The first-order valence-corrected chi connectivity index (χ1v) is 9.53. The summed E-state index contributed by atoms with van der Waals surface area (Å²) in [5, 5.41) is 6.03. The van der Waals surface area contributed by atoms with Gasteiger partial charge in [-0.3, -0.25) is 10.1 Å². The van der Waals surface area contributed by atoms with Crippen LogP contribution in [0.4, 0.5) is 5.13 Å². The molecule has 148 valence electrons. The van der Waals surface area contributed by atoms with Gasteiger partial charge in [-0.1, -0.05) is 18.2 Å². The van der Waals surface area contributed by atoms with Crippen LogP contribution < -0.4 is 19.5 Å². The Bertz CT molecular complexity index is 1130. The lowest BCUT2D eigenvalue weighted by Gasteiger charge is -2.12. The van der Waals surface area contributed by atoms with E-state index in [0.29, 0.717) is 39.6 Å². The molecule has 8 nitrogen and oxygen atoms in total. The number of thiazole rings is 1. The first kappa shape index (κ1) is 18.8. The van der Waals surface area contributed by atoms with E-state index in [2.05, 4.69) is 20.3 Å². The van der Waals surface area contributed by atoms with Gasteiger partial charge in [-0.2, -0.15) is 4.98 Å². The van der Waals surface area contributed by atoms with Gasteiger partial charge in [0.1, 0.15) is 17.0 Å². The molecule has 0 saturated carbocycles. The van der Waals surface area contributed by atoms with Gasteiger partial charge in [0.2, 0.25) is 11.8 Å². The second-order valence-corrected chi connectivity index (χ2v) is 6.87. The molecule has 0 aliphatic carbocycles. The first-order chi connectivity index (χ1) is 14.1. The first-order valence-electron chi connectivity index (χ1n) is 8.65. The molecule has 0 spiro atoms. The summed E-state index contributed by atoms with van der Waals surface area (Å²) in [4.78, 5) is 24.5. The third-order valence-electron chi connectivity index (χ3n) is 4.30. The summed E-state index contributed by atoms with van der Waals surface area (Å²) in [6, 6.07) is 11.2. The van der Waals surface area contributed by atoms with Crippen LogP contribution in [0.1, 0.15) is 10.5 Å². The number of anilines is 1. The van der Waals surface area contributed by atoms with Crippen LogP contribution in [-0.4, -0.2) is 42.2 Å². The Labute approximate surface area is 170 Å². The summed E-state index contributed by atoms with van der Waals surface area (Å²) in [6.07, 6.45) is 0. The van der Waals surface area contributed by atoms with Crippen molar-refractivity contribution in [2.75, 3.05) is 26.6 Å². The molecule has 9 heteroatoms. The van der Waals surface area contributed by atoms with Crippen LogP contribution in [0.2, 0.25) is 0 Å². The van der Waals surface area contributed by atoms with Crippen LogP contribution in [0.5, 0.6) is 17.5 Å². The zero-order chi connectivity index (χ0) is 20.4. The van der Waals surface area contributed by atoms with Gasteiger partial charge in [0.25, 0.3) is 5.91 Å². The van der Waals surface area contributed by atoms with Crippen molar-refractivity contribution in [3.63, 3.8) is 0 Å². The number of H-pyrrole nitrogens is 1. The number of fused-ring (bicyclic) bond motifs is 1. The molecule has 0 aliphatic rings. The maximum Gasteiger partial charge on any atom is 0.273 e. The van der Waals surface area contributed by atoms with Crippen molar-refractivity contribution in [1.82, 2.24) is 15.0 Å². The molecule has 1 aromatic carbocycles. The van der Waals surface area contributed by atoms with Crippen molar-refractivity contribution in [3.05, 3.63) is 47.5 Å². The van der Waals surface area contributed by atoms with Crippen molar-refractivity contribution in [1.29, 1.82) is 0 Å². The maximum absolute atomic E-state index is 12.6. The topological polar surface area (TPSA) is 98.4 Å². The fourth-order valence-electron chi connectivity index (χ4n) is 2.93. The van der Waals surface area contributed by atoms with E-state index in [0.717, 1.165) is 10.9 Å². The molecular formula is C20H18N4O4S. The van der Waals surface area contributed by atoms with Gasteiger partial charge < -0.3 is 19.2 Å². The molecule has 4 rings (SSSR count). The van der Waals surface area contributed by atoms with Crippen LogP contribution in [0, 0.1) is 0 Å². The Morgan fingerprint density at radius 2 is 1.90 bits per heavy atom. The molecule has 1 amide bonds. The third-order valence-corrected chi connectivity index (χ3v) is 5.06. The normalized spacial score (nSPS) is 10.7. The predicted octanol–water partition coefficient (Wildman–Crippen LogP) is 3.96. The SMILES string of the molecule is COc1cc(OC)c(-c2csc(NC(=O)c3cc4ccccc4[nH]3)n2)c(OC)n1. The van der Waals surface area contributed by atoms with E-state index in [9.17, 15) is 4.79 Å². The average molecular weight is 410 g/mol. The largest absolute Gasteiger partial charge is 0.496 e. The Morgan fingerprint density at radius 1 is 1.07 bits per heavy atom. The molecule has 3 aromatic heterocycles. The number of methoxy groups -OCH3 is 3. The average Bonchev–Trinajstić information content (AvgIpc) is 3.39. The lowest BCUT2D eigenvalue weighted by atomic mass is 10.2. The number of carbonyl (C=O) groups excluding carboxylic acids is 1. The lowest BCUT2D eigenvalue weighted by molar-refractivity contribution is 0.102. The van der Waals surface area contributed by atoms with Gasteiger partial charge in [-0.15, -0.1) is 11.3 Å². The number of nitrogens with zero attached hydrogens (tertiary/aromatic N) is 2. The van der Waals surface area contributed by atoms with Crippen LogP contribution in [0.15, 0.2) is 41.8 Å². The number of carbonyl (C=O) groups is 1. The summed E-state index contributed by atoms with van der Waals surface area (Å²) < 4.78 is 16.0. The van der Waals surface area contributed by atoms with Crippen LogP contribution >= 0.6 is 11.3 Å². The Hall–Kier alpha value is -3.59. The zero-order valence-electron chi connectivity index (χ0n) is 16.0. The number of hydrogen-bond acceptors (Lipinski definition) is 7. The summed E-state index contributed by atoms with van der Waals surface area (Å²) in [7, 11) is 4.57. The number of benzene rings is 1. The Kier molecular flexibility index (Phi) is 5.05. The molecule has 0 bridgehead atoms. The summed E-state index contributed by atoms with van der Waals surface area (Å²) in [6.45, 7) is 0. The summed E-state index contributed by atoms with van der Waals surface area (Å²) in [5.41, 5.74) is 2.52. The smallest absolute Gasteiger partial charge is 0.273 e. The molecule has 3 heterocycles. The minimum atomic E-state index is -0.270. The third kappa shape index (κ3) is 3.59. The number of aromatic nitrogens is 3. The molecule has 0 unspecified atom stereocenters. The molecule has 0 radical (unpaired) electrons. The van der Waals surface area contributed by atoms with Crippen molar-refractivity contribution in [2.45, 2.75) is 0 Å². The highest BCUT2D eigenvalue weighted by atomic mass is 32.1. The molecule has 4 aromatic rings. The zero-order valence-corrected chi connectivity index (χ0v) is 16.8. The minimum Gasteiger partial charge on any atom is -0.496 e. The van der Waals surface area contributed by atoms with Gasteiger partial charge in [0.05, 0.1) is 27.0 Å². The molecule has 0 saturated heterocycles. The van der Waals surface area contributed by atoms with Crippen molar-refractivity contribution >= 4 is 33.3 Å². The molecule has 0 aliphatic heterocycles. The van der Waals surface area contributed by atoms with Crippen LogP contribution in [0.25, 0.3) is 22.2 Å². The van der Waals surface area contributed by atoms with E-state index in [4.69, 9.17) is 14.2 Å². The van der Waals surface area contributed by atoms with Crippen molar-refractivity contribution in [2.24, 2.45) is 0 Å². The maximum atomic E-state index is 12.6. The van der Waals surface area contributed by atoms with Crippen molar-refractivity contribution in [3.8, 4) is 28.8 Å². The number of pyridine rings is 1. The monoisotopic (exact) mass is 410 g/mol. The minimum absolute atomic E-state index is 0.270. The highest BCUT2D eigenvalue weighted by Crippen LogP contribution is 2.40. The highest BCUT2D eigenvalue weighted by molar-refractivity contribution is 7.14. The van der Waals surface area contributed by atoms with E-state index in [1.165, 1.54) is 25.6 Å². The highest BCUT2D eigenvalue weighted by Gasteiger charge is 2.20. The standard InChI is InChI=1S/C20H18N4O4S/c1-26-15-9-16(27-2)23-19(28-3)17(15)14-10-29-20(22-14)24-18(25)13-8-11-6-4-5-7-12(11)21-13/h4-10,21H,1-3H3,(H,22,24,25). The van der Waals surface area contributed by atoms with E-state index in [1.807, 2.05) is 24.3 Å². The molecular weight excluding hydrogens is 392 g/mol. The predicted molar refractivity (Wildman–Crippen MR) is 111 cm³/mol. The van der Waals surface area contributed by atoms with E-state index in [1.54, 1.807) is 24.6 Å². The lowest BCUT2D eigenvalue weighted by Crippen LogP contribution is -2.11. The second kappa shape index (κ2) is 7.80. The number of para-hydroxylation sites is 1. The van der Waals surface area contributed by atoms with Gasteiger partial charge in [0.15, 0.2) is 5.13 Å². The van der Waals surface area contributed by atoms with E-state index >= 15 is 0 Å². The molecule has 29 heavy (non-hydrogen) atoms. The van der Waals surface area contributed by atoms with E-state index < -0.39 is 0 Å². The number of rotatable bonds is 6. The number of ether oxygens (including phenoxy) is 3. The fraction of sp³-hybridized carbons (Fsp3) is 0.150. The van der Waals surface area contributed by atoms with Gasteiger partial charge >= 0.3 is 0 Å². The van der Waals surface area contributed by atoms with Gasteiger partial charge in [-0.05, 0) is 12.1 Å². The number of hydrogen-bond donors (Lipinski definition) is 2. The Balaban J connectivity index is 1.62. The second-order valence-electron chi connectivity index (χ2n) is 6.01. The molecule has 2 N–H and O–H groups in total. The quantitative estimate of drug-likeness (QED) is 0.499. The molecule has 0 atom stereocenters. The number of nitrogens with one attached hydrogen (secondary N) is 2. The fourth-order valence-corrected chi connectivity index (χ4v) is 3.63. The van der Waals surface area contributed by atoms with Crippen molar-refractivity contribution < 1.29 is 19.0 Å².